The molecule has 2 rings (SSSR count). The number of aryl methyl sites for hydroxylation is 1. The summed E-state index contributed by atoms with van der Waals surface area (Å²) in [5.41, 5.74) is 2.77. The number of nitriles is 1. The monoisotopic (exact) mass is 259 g/mol. The first kappa shape index (κ1) is 13.2. The van der Waals surface area contributed by atoms with Gasteiger partial charge in [0.2, 0.25) is 0 Å². The average molecular weight is 259 g/mol. The summed E-state index contributed by atoms with van der Waals surface area (Å²) in [7, 11) is 1.37. The summed E-state index contributed by atoms with van der Waals surface area (Å²) in [4.78, 5) is 13.4. The third-order valence-electron chi connectivity index (χ3n) is 3.39. The Balaban J connectivity index is 2.03. The normalized spacial score (nSPS) is 17.9. The molecular weight excluding hydrogens is 242 g/mol. The zero-order valence-electron chi connectivity index (χ0n) is 11.1. The molecule has 1 heterocycles. The molecule has 0 bridgehead atoms. The predicted octanol–water partition coefficient (Wildman–Crippen LogP) is 1.80. The lowest BCUT2D eigenvalue weighted by molar-refractivity contribution is 0.167. The van der Waals surface area contributed by atoms with Gasteiger partial charge in [-0.3, -0.25) is 0 Å². The van der Waals surface area contributed by atoms with Gasteiger partial charge in [0.1, 0.15) is 0 Å². The maximum Gasteiger partial charge on any atom is 0.407 e. The second kappa shape index (κ2) is 5.61. The first-order valence-corrected chi connectivity index (χ1v) is 6.24. The van der Waals surface area contributed by atoms with Gasteiger partial charge in [0.25, 0.3) is 0 Å². The quantitative estimate of drug-likeness (QED) is 0.879. The first-order valence-electron chi connectivity index (χ1n) is 6.24. The highest BCUT2D eigenvalue weighted by molar-refractivity contribution is 5.67. The molecule has 0 spiro atoms. The molecule has 1 aliphatic rings. The van der Waals surface area contributed by atoms with Crippen LogP contribution in [-0.4, -0.2) is 32.3 Å². The van der Waals surface area contributed by atoms with Gasteiger partial charge in [-0.15, -0.1) is 0 Å². The minimum Gasteiger partial charge on any atom is -0.453 e. The van der Waals surface area contributed by atoms with Crippen molar-refractivity contribution in [3.05, 3.63) is 29.3 Å². The number of carbonyl (C=O) groups is 1. The van der Waals surface area contributed by atoms with Crippen molar-refractivity contribution in [1.29, 1.82) is 5.26 Å². The van der Waals surface area contributed by atoms with Gasteiger partial charge in [-0.25, -0.2) is 4.79 Å². The molecule has 1 aromatic carbocycles. The molecule has 0 aliphatic carbocycles. The fraction of sp³-hybridized carbons (Fsp3) is 0.429. The van der Waals surface area contributed by atoms with Crippen molar-refractivity contribution in [2.45, 2.75) is 19.4 Å². The molecule has 1 saturated heterocycles. The molecule has 100 valence electrons. The second-order valence-corrected chi connectivity index (χ2v) is 4.68. The van der Waals surface area contributed by atoms with Crippen molar-refractivity contribution >= 4 is 11.8 Å². The summed E-state index contributed by atoms with van der Waals surface area (Å²) in [6.45, 7) is 3.59. The van der Waals surface area contributed by atoms with Crippen LogP contribution >= 0.6 is 0 Å². The SMILES string of the molecule is COC(=O)NC1CCN(c2ccc(C#N)c(C)c2)C1. The number of nitrogens with zero attached hydrogens (tertiary/aromatic N) is 2. The Morgan fingerprint density at radius 2 is 2.37 bits per heavy atom. The minimum atomic E-state index is -0.386. The second-order valence-electron chi connectivity index (χ2n) is 4.68. The Bertz CT molecular complexity index is 522. The van der Waals surface area contributed by atoms with Gasteiger partial charge < -0.3 is 15.0 Å². The summed E-state index contributed by atoms with van der Waals surface area (Å²) in [6.07, 6.45) is 0.511. The van der Waals surface area contributed by atoms with Crippen molar-refractivity contribution < 1.29 is 9.53 Å². The number of amides is 1. The maximum atomic E-state index is 11.2. The number of anilines is 1. The molecule has 19 heavy (non-hydrogen) atoms. The zero-order chi connectivity index (χ0) is 13.8. The van der Waals surface area contributed by atoms with Gasteiger partial charge in [0.15, 0.2) is 0 Å². The predicted molar refractivity (Wildman–Crippen MR) is 72.1 cm³/mol. The molecule has 0 aromatic heterocycles. The van der Waals surface area contributed by atoms with E-state index in [1.165, 1.54) is 7.11 Å². The van der Waals surface area contributed by atoms with Gasteiger partial charge in [-0.1, -0.05) is 0 Å². The molecule has 1 fully saturated rings. The molecule has 1 amide bonds. The van der Waals surface area contributed by atoms with Gasteiger partial charge >= 0.3 is 6.09 Å². The highest BCUT2D eigenvalue weighted by Gasteiger charge is 2.24. The van der Waals surface area contributed by atoms with Crippen LogP contribution in [0.4, 0.5) is 10.5 Å². The van der Waals surface area contributed by atoms with Crippen LogP contribution in [0.3, 0.4) is 0 Å². The van der Waals surface area contributed by atoms with E-state index in [2.05, 4.69) is 21.0 Å². The number of carbonyl (C=O) groups excluding carboxylic acids is 1. The maximum absolute atomic E-state index is 11.2. The third-order valence-corrected chi connectivity index (χ3v) is 3.39. The number of methoxy groups -OCH3 is 1. The number of nitrogens with one attached hydrogen (secondary N) is 1. The fourth-order valence-electron chi connectivity index (χ4n) is 2.31. The summed E-state index contributed by atoms with van der Waals surface area (Å²) >= 11 is 0. The van der Waals surface area contributed by atoms with E-state index in [1.54, 1.807) is 0 Å². The minimum absolute atomic E-state index is 0.114. The highest BCUT2D eigenvalue weighted by Crippen LogP contribution is 2.23. The van der Waals surface area contributed by atoms with Gasteiger partial charge in [-0.2, -0.15) is 5.26 Å². The van der Waals surface area contributed by atoms with E-state index in [0.29, 0.717) is 5.56 Å². The van der Waals surface area contributed by atoms with Crippen LogP contribution < -0.4 is 10.2 Å². The van der Waals surface area contributed by atoms with Crippen LogP contribution in [0.5, 0.6) is 0 Å². The van der Waals surface area contributed by atoms with E-state index in [9.17, 15) is 4.79 Å². The Hall–Kier alpha value is -2.22. The largest absolute Gasteiger partial charge is 0.453 e. The van der Waals surface area contributed by atoms with Crippen molar-refractivity contribution in [3.8, 4) is 6.07 Å². The Labute approximate surface area is 112 Å². The highest BCUT2D eigenvalue weighted by atomic mass is 16.5. The van der Waals surface area contributed by atoms with Gasteiger partial charge in [-0.05, 0) is 37.1 Å². The molecule has 5 heteroatoms. The smallest absolute Gasteiger partial charge is 0.407 e. The molecule has 1 aliphatic heterocycles. The lowest BCUT2D eigenvalue weighted by atomic mass is 10.1. The van der Waals surface area contributed by atoms with Gasteiger partial charge in [0.05, 0.1) is 24.8 Å². The number of hydrogen-bond acceptors (Lipinski definition) is 4. The lowest BCUT2D eigenvalue weighted by Gasteiger charge is -2.19. The van der Waals surface area contributed by atoms with E-state index in [-0.39, 0.29) is 12.1 Å². The van der Waals surface area contributed by atoms with Crippen molar-refractivity contribution in [1.82, 2.24) is 5.32 Å². The average Bonchev–Trinajstić information content (AvgIpc) is 2.87. The summed E-state index contributed by atoms with van der Waals surface area (Å²) < 4.78 is 4.60. The number of alkyl carbamates (subject to hydrolysis) is 1. The zero-order valence-corrected chi connectivity index (χ0v) is 11.1. The van der Waals surface area contributed by atoms with Crippen LogP contribution in [-0.2, 0) is 4.74 Å². The van der Waals surface area contributed by atoms with Crippen LogP contribution in [0.25, 0.3) is 0 Å². The van der Waals surface area contributed by atoms with E-state index in [4.69, 9.17) is 5.26 Å². The van der Waals surface area contributed by atoms with E-state index < -0.39 is 0 Å². The Morgan fingerprint density at radius 3 is 3.00 bits per heavy atom. The fourth-order valence-corrected chi connectivity index (χ4v) is 2.31. The van der Waals surface area contributed by atoms with Crippen LogP contribution in [0.15, 0.2) is 18.2 Å². The number of hydrogen-bond donors (Lipinski definition) is 1. The van der Waals surface area contributed by atoms with E-state index in [0.717, 1.165) is 30.8 Å². The molecular formula is C14H17N3O2. The molecule has 1 aromatic rings. The van der Waals surface area contributed by atoms with Crippen molar-refractivity contribution in [2.75, 3.05) is 25.1 Å². The molecule has 5 nitrogen and oxygen atoms in total. The van der Waals surface area contributed by atoms with Crippen LogP contribution in [0.2, 0.25) is 0 Å². The Kier molecular flexibility index (Phi) is 3.91. The van der Waals surface area contributed by atoms with Crippen molar-refractivity contribution in [3.63, 3.8) is 0 Å². The summed E-state index contributed by atoms with van der Waals surface area (Å²) in [5.74, 6) is 0. The van der Waals surface area contributed by atoms with Crippen LogP contribution in [0, 0.1) is 18.3 Å². The number of benzene rings is 1. The summed E-state index contributed by atoms with van der Waals surface area (Å²) in [6, 6.07) is 8.08. The topological polar surface area (TPSA) is 65.4 Å². The van der Waals surface area contributed by atoms with Gasteiger partial charge in [0, 0.05) is 18.8 Å². The first-order chi connectivity index (χ1) is 9.13. The molecule has 0 saturated carbocycles. The molecule has 1 N–H and O–H groups in total. The number of ether oxygens (including phenoxy) is 1. The lowest BCUT2D eigenvalue weighted by Crippen LogP contribution is -2.36. The standard InChI is InChI=1S/C14H17N3O2/c1-10-7-13(4-3-11(10)8-15)17-6-5-12(9-17)16-14(18)19-2/h3-4,7,12H,5-6,9H2,1-2H3,(H,16,18). The molecule has 0 radical (unpaired) electrons. The number of rotatable bonds is 2. The molecule has 1 atom stereocenters. The Morgan fingerprint density at radius 1 is 1.58 bits per heavy atom. The van der Waals surface area contributed by atoms with Crippen LogP contribution in [0.1, 0.15) is 17.5 Å². The third kappa shape index (κ3) is 2.97. The van der Waals surface area contributed by atoms with Crippen molar-refractivity contribution in [2.24, 2.45) is 0 Å². The van der Waals surface area contributed by atoms with E-state index in [1.807, 2.05) is 25.1 Å². The molecule has 1 unspecified atom stereocenters. The van der Waals surface area contributed by atoms with E-state index >= 15 is 0 Å². The summed E-state index contributed by atoms with van der Waals surface area (Å²) in [5, 5.41) is 11.7.